The van der Waals surface area contributed by atoms with Crippen LogP contribution in [0.4, 0.5) is 13.2 Å². The quantitative estimate of drug-likeness (QED) is 0.336. The maximum Gasteiger partial charge on any atom is 0.455 e. The Hall–Kier alpha value is -1.33. The van der Waals surface area contributed by atoms with Crippen LogP contribution in [0.2, 0.25) is 0 Å². The van der Waals surface area contributed by atoms with Gasteiger partial charge in [-0.3, -0.25) is 9.59 Å². The number of carbonyl (C=O) groups is 1. The first-order chi connectivity index (χ1) is 13.3. The van der Waals surface area contributed by atoms with Crippen LogP contribution in [0.3, 0.4) is 0 Å². The summed E-state index contributed by atoms with van der Waals surface area (Å²) in [6, 6.07) is 10.0. The summed E-state index contributed by atoms with van der Waals surface area (Å²) in [5.41, 5.74) is -2.09. The molecule has 0 spiro atoms. The summed E-state index contributed by atoms with van der Waals surface area (Å²) in [5, 5.41) is 25.6. The van der Waals surface area contributed by atoms with Crippen LogP contribution in [-0.4, -0.2) is 46.1 Å². The summed E-state index contributed by atoms with van der Waals surface area (Å²) in [6.07, 6.45) is -5.24. The third-order valence-electron chi connectivity index (χ3n) is 3.92. The van der Waals surface area contributed by atoms with Gasteiger partial charge in [-0.25, -0.2) is 0 Å². The number of fused-ring (bicyclic) bond motifs is 3. The molecule has 2 aromatic carbocycles. The number of alkyl halides is 3. The summed E-state index contributed by atoms with van der Waals surface area (Å²) in [6.45, 7) is 1.64. The minimum atomic E-state index is -5.24. The first kappa shape index (κ1) is 27.7. The summed E-state index contributed by atoms with van der Waals surface area (Å²) in [4.78, 5) is 24.0. The molecule has 159 valence electrons. The van der Waals surface area contributed by atoms with Crippen LogP contribution >= 0.6 is 0 Å². The molecule has 3 N–H and O–H groups in total. The molecule has 0 unspecified atom stereocenters. The van der Waals surface area contributed by atoms with E-state index < -0.39 is 28.8 Å². The van der Waals surface area contributed by atoms with Crippen molar-refractivity contribution in [1.29, 1.82) is 0 Å². The van der Waals surface area contributed by atoms with Gasteiger partial charge in [0.05, 0.1) is 5.52 Å². The van der Waals surface area contributed by atoms with Gasteiger partial charge in [0, 0.05) is 80.9 Å². The van der Waals surface area contributed by atoms with Crippen LogP contribution in [0.1, 0.15) is 17.3 Å². The van der Waals surface area contributed by atoms with Crippen LogP contribution in [-0.2, 0) is 6.54 Å². The third kappa shape index (κ3) is 5.43. The fraction of sp³-hybridized carbons (Fsp3) is 0.263. The van der Waals surface area contributed by atoms with Gasteiger partial charge in [-0.05, 0) is 18.4 Å². The number of hydrogen-bond donors (Lipinski definition) is 3. The standard InChI is InChI=1S/C17H12F3NO3.2CH4O.Eu/c1-2-21-13-10-6-4-3-5-9(10)7-8-11(13)14(22)12(16(21)24)15(23)17(18,19)20;2*1-2;/h3-8,22H,2H2,1H3;2*2H,1H3;. The predicted octanol–water partition coefficient (Wildman–Crippen LogP) is 2.84. The summed E-state index contributed by atoms with van der Waals surface area (Å²) >= 11 is 0. The van der Waals surface area contributed by atoms with E-state index in [1.165, 1.54) is 6.07 Å². The van der Waals surface area contributed by atoms with E-state index >= 15 is 0 Å². The van der Waals surface area contributed by atoms with Crippen molar-refractivity contribution in [3.8, 4) is 5.75 Å². The molecule has 1 radical (unpaired) electrons. The van der Waals surface area contributed by atoms with Crippen molar-refractivity contribution >= 4 is 27.5 Å². The van der Waals surface area contributed by atoms with Crippen LogP contribution in [0.5, 0.6) is 5.75 Å². The molecule has 10 heteroatoms. The number of aromatic hydroxyl groups is 1. The van der Waals surface area contributed by atoms with Crippen LogP contribution < -0.4 is 5.56 Å². The normalized spacial score (nSPS) is 10.3. The Balaban J connectivity index is 0.00000148. The van der Waals surface area contributed by atoms with E-state index in [1.807, 2.05) is 0 Å². The number of halogens is 3. The Morgan fingerprint density at radius 2 is 1.55 bits per heavy atom. The van der Waals surface area contributed by atoms with E-state index in [0.717, 1.165) is 24.2 Å². The molecule has 0 aliphatic carbocycles. The van der Waals surface area contributed by atoms with Crippen LogP contribution in [0.25, 0.3) is 21.7 Å². The van der Waals surface area contributed by atoms with E-state index in [2.05, 4.69) is 0 Å². The number of pyridine rings is 1. The Kier molecular flexibility index (Phi) is 11.2. The molecule has 1 aromatic heterocycles. The van der Waals surface area contributed by atoms with E-state index in [9.17, 15) is 27.9 Å². The first-order valence-electron chi connectivity index (χ1n) is 8.05. The topological polar surface area (TPSA) is 99.8 Å². The van der Waals surface area contributed by atoms with Crippen molar-refractivity contribution in [3.63, 3.8) is 0 Å². The molecule has 3 rings (SSSR count). The van der Waals surface area contributed by atoms with Crippen molar-refractivity contribution < 1.29 is 82.7 Å². The number of aromatic nitrogens is 1. The van der Waals surface area contributed by atoms with E-state index in [4.69, 9.17) is 10.2 Å². The maximum atomic E-state index is 12.8. The Morgan fingerprint density at radius 3 is 2.07 bits per heavy atom. The number of hydrogen-bond acceptors (Lipinski definition) is 5. The van der Waals surface area contributed by atoms with Gasteiger partial charge >= 0.3 is 6.18 Å². The van der Waals surface area contributed by atoms with Crippen molar-refractivity contribution in [3.05, 3.63) is 52.3 Å². The Labute approximate surface area is 205 Å². The monoisotopic (exact) mass is 552 g/mol. The molecule has 6 nitrogen and oxygen atoms in total. The summed E-state index contributed by atoms with van der Waals surface area (Å²) in [5.74, 6) is -3.28. The van der Waals surface area contributed by atoms with Crippen molar-refractivity contribution in [1.82, 2.24) is 4.57 Å². The Morgan fingerprint density at radius 1 is 1.00 bits per heavy atom. The number of rotatable bonds is 2. The molecule has 3 aromatic rings. The molecule has 1 heterocycles. The maximum absolute atomic E-state index is 12.8. The van der Waals surface area contributed by atoms with E-state index in [0.29, 0.717) is 10.9 Å². The second-order valence-electron chi connectivity index (χ2n) is 5.28. The van der Waals surface area contributed by atoms with Crippen molar-refractivity contribution in [2.75, 3.05) is 14.2 Å². The summed E-state index contributed by atoms with van der Waals surface area (Å²) < 4.78 is 39.4. The average Bonchev–Trinajstić information content (AvgIpc) is 2.70. The van der Waals surface area contributed by atoms with Crippen molar-refractivity contribution in [2.24, 2.45) is 0 Å². The molecular weight excluding hydrogens is 531 g/mol. The fourth-order valence-corrected chi connectivity index (χ4v) is 2.86. The van der Waals surface area contributed by atoms with Gasteiger partial charge < -0.3 is 19.9 Å². The molecular formula is C19H20EuF3NO5. The van der Waals surface area contributed by atoms with Gasteiger partial charge in [-0.1, -0.05) is 30.3 Å². The number of aliphatic hydroxyl groups excluding tert-OH is 2. The van der Waals surface area contributed by atoms with Gasteiger partial charge in [-0.15, -0.1) is 0 Å². The molecule has 29 heavy (non-hydrogen) atoms. The second-order valence-corrected chi connectivity index (χ2v) is 5.28. The average molecular weight is 551 g/mol. The van der Waals surface area contributed by atoms with Crippen LogP contribution in [0.15, 0.2) is 41.2 Å². The molecule has 0 bridgehead atoms. The van der Waals surface area contributed by atoms with E-state index in [1.54, 1.807) is 37.3 Å². The molecule has 0 saturated carbocycles. The predicted molar refractivity (Wildman–Crippen MR) is 99.7 cm³/mol. The summed E-state index contributed by atoms with van der Waals surface area (Å²) in [7, 11) is 2.00. The largest absolute Gasteiger partial charge is 0.506 e. The van der Waals surface area contributed by atoms with Gasteiger partial charge in [-0.2, -0.15) is 13.2 Å². The Bertz CT molecular complexity index is 1050. The van der Waals surface area contributed by atoms with Gasteiger partial charge in [0.2, 0.25) is 0 Å². The van der Waals surface area contributed by atoms with Crippen LogP contribution in [0, 0.1) is 49.4 Å². The molecule has 0 fully saturated rings. The zero-order valence-electron chi connectivity index (χ0n) is 15.8. The number of aliphatic hydroxyl groups is 2. The molecule has 0 aliphatic heterocycles. The van der Waals surface area contributed by atoms with Gasteiger partial charge in [0.25, 0.3) is 11.3 Å². The smallest absolute Gasteiger partial charge is 0.455 e. The first-order valence-corrected chi connectivity index (χ1v) is 8.05. The number of benzene rings is 2. The SMILES string of the molecule is CCn1c(=O)c(C(=O)C(F)(F)F)c(O)c2ccc3ccccc3c21.CO.CO.[Eu]. The minimum absolute atomic E-state index is 0. The van der Waals surface area contributed by atoms with Gasteiger partial charge in [0.15, 0.2) is 0 Å². The van der Waals surface area contributed by atoms with Gasteiger partial charge in [0.1, 0.15) is 11.3 Å². The number of carbonyl (C=O) groups excluding carboxylic acids is 1. The second kappa shape index (κ2) is 11.8. The zero-order valence-corrected chi connectivity index (χ0v) is 18.2. The molecule has 0 saturated heterocycles. The molecule has 0 amide bonds. The van der Waals surface area contributed by atoms with E-state index in [-0.39, 0.29) is 61.3 Å². The zero-order chi connectivity index (χ0) is 21.6. The number of aryl methyl sites for hydroxylation is 1. The molecule has 0 atom stereocenters. The number of Topliss-reactive ketones (excluding diaryl/α,β-unsaturated/α-hetero) is 1. The fourth-order valence-electron chi connectivity index (χ4n) is 2.86. The number of ketones is 1. The third-order valence-corrected chi connectivity index (χ3v) is 3.92. The van der Waals surface area contributed by atoms with Crippen molar-refractivity contribution in [2.45, 2.75) is 19.6 Å². The minimum Gasteiger partial charge on any atom is -0.506 e. The number of nitrogens with zero attached hydrogens (tertiary/aromatic N) is 1. The molecule has 0 aliphatic rings.